The smallest absolute Gasteiger partial charge is 0.394 e. The Morgan fingerprint density at radius 2 is 2.03 bits per heavy atom. The van der Waals surface area contributed by atoms with Gasteiger partial charge in [-0.25, -0.2) is 0 Å². The minimum Gasteiger partial charge on any atom is -0.394 e. The number of carbonyl (C=O) groups excluding carboxylic acids is 1. The Morgan fingerprint density at radius 3 is 2.60 bits per heavy atom. The van der Waals surface area contributed by atoms with Crippen LogP contribution in [0.15, 0.2) is 53.7 Å². The lowest BCUT2D eigenvalue weighted by Crippen LogP contribution is -2.39. The molecule has 3 aromatic rings. The summed E-state index contributed by atoms with van der Waals surface area (Å²) < 4.78 is 39.3. The summed E-state index contributed by atoms with van der Waals surface area (Å²) in [6.45, 7) is 1.20. The third-order valence-corrected chi connectivity index (χ3v) is 4.05. The van der Waals surface area contributed by atoms with Gasteiger partial charge in [-0.2, -0.15) is 23.0 Å². The summed E-state index contributed by atoms with van der Waals surface area (Å²) in [7, 11) is 0. The van der Waals surface area contributed by atoms with Crippen molar-refractivity contribution in [2.45, 2.75) is 19.1 Å². The molecule has 0 aliphatic carbocycles. The predicted molar refractivity (Wildman–Crippen MR) is 99.9 cm³/mol. The second kappa shape index (κ2) is 8.41. The Morgan fingerprint density at radius 1 is 1.27 bits per heavy atom. The van der Waals surface area contributed by atoms with Gasteiger partial charge in [-0.05, 0) is 37.3 Å². The monoisotopic (exact) mass is 419 g/mol. The summed E-state index contributed by atoms with van der Waals surface area (Å²) in [5.41, 5.74) is -1.65. The number of nitrogens with one attached hydrogen (secondary N) is 1. The molecule has 1 amide bonds. The molecule has 0 spiro atoms. The number of aromatic nitrogens is 4. The highest BCUT2D eigenvalue weighted by Crippen LogP contribution is 2.28. The van der Waals surface area contributed by atoms with E-state index in [1.165, 1.54) is 24.5 Å². The van der Waals surface area contributed by atoms with Gasteiger partial charge in [0, 0.05) is 24.0 Å². The molecule has 30 heavy (non-hydrogen) atoms. The molecule has 0 saturated carbocycles. The van der Waals surface area contributed by atoms with Gasteiger partial charge in [0.1, 0.15) is 11.3 Å². The molecule has 156 valence electrons. The van der Waals surface area contributed by atoms with Crippen molar-refractivity contribution in [1.29, 1.82) is 0 Å². The SMILES string of the molecule is CC(CO)NC(=O)c1cc(-c2ccc(C(F)(F)F)nc2)nn(-c2cccnc2)c1=O. The number of aliphatic hydroxyl groups excluding tert-OH is 1. The fourth-order valence-electron chi connectivity index (χ4n) is 2.51. The van der Waals surface area contributed by atoms with E-state index in [1.807, 2.05) is 0 Å². The first kappa shape index (κ1) is 21.1. The Balaban J connectivity index is 2.14. The van der Waals surface area contributed by atoms with Crippen LogP contribution in [0.3, 0.4) is 0 Å². The summed E-state index contributed by atoms with van der Waals surface area (Å²) in [5, 5.41) is 15.8. The number of aliphatic hydroxyl groups is 1. The fourth-order valence-corrected chi connectivity index (χ4v) is 2.51. The second-order valence-corrected chi connectivity index (χ2v) is 6.36. The molecule has 3 aromatic heterocycles. The van der Waals surface area contributed by atoms with Crippen molar-refractivity contribution < 1.29 is 23.1 Å². The van der Waals surface area contributed by atoms with Crippen molar-refractivity contribution in [2.75, 3.05) is 6.61 Å². The summed E-state index contributed by atoms with van der Waals surface area (Å²) >= 11 is 0. The topological polar surface area (TPSA) is 110 Å². The van der Waals surface area contributed by atoms with E-state index in [0.717, 1.165) is 23.0 Å². The van der Waals surface area contributed by atoms with Gasteiger partial charge in [-0.1, -0.05) is 0 Å². The number of pyridine rings is 2. The van der Waals surface area contributed by atoms with Crippen molar-refractivity contribution in [1.82, 2.24) is 25.1 Å². The Kier molecular flexibility index (Phi) is 5.92. The molecule has 8 nitrogen and oxygen atoms in total. The van der Waals surface area contributed by atoms with Crippen LogP contribution in [0.1, 0.15) is 23.0 Å². The molecule has 0 fully saturated rings. The first-order valence-corrected chi connectivity index (χ1v) is 8.71. The molecule has 1 unspecified atom stereocenters. The van der Waals surface area contributed by atoms with Crippen LogP contribution in [0, 0.1) is 0 Å². The standard InChI is InChI=1S/C19H16F3N5O3/c1-11(10-28)25-17(29)14-7-15(12-4-5-16(24-8-12)19(20,21)22)26-27(18(14)30)13-3-2-6-23-9-13/h2-9,11,28H,10H2,1H3,(H,25,29). The third kappa shape index (κ3) is 4.51. The van der Waals surface area contributed by atoms with E-state index >= 15 is 0 Å². The van der Waals surface area contributed by atoms with E-state index in [-0.39, 0.29) is 29.1 Å². The van der Waals surface area contributed by atoms with E-state index in [1.54, 1.807) is 13.0 Å². The van der Waals surface area contributed by atoms with Crippen LogP contribution in [0.25, 0.3) is 16.9 Å². The van der Waals surface area contributed by atoms with E-state index in [9.17, 15) is 22.8 Å². The van der Waals surface area contributed by atoms with Gasteiger partial charge >= 0.3 is 6.18 Å². The highest BCUT2D eigenvalue weighted by molar-refractivity contribution is 5.95. The van der Waals surface area contributed by atoms with E-state index in [2.05, 4.69) is 20.4 Å². The lowest BCUT2D eigenvalue weighted by atomic mass is 10.1. The van der Waals surface area contributed by atoms with Crippen molar-refractivity contribution in [2.24, 2.45) is 0 Å². The maximum absolute atomic E-state index is 12.8. The van der Waals surface area contributed by atoms with Crippen LogP contribution in [0.2, 0.25) is 0 Å². The largest absolute Gasteiger partial charge is 0.433 e. The fraction of sp³-hybridized carbons (Fsp3) is 0.211. The van der Waals surface area contributed by atoms with Crippen LogP contribution < -0.4 is 10.9 Å². The summed E-state index contributed by atoms with van der Waals surface area (Å²) in [6, 6.07) is 5.57. The summed E-state index contributed by atoms with van der Waals surface area (Å²) in [5.74, 6) is -0.761. The van der Waals surface area contributed by atoms with Crippen LogP contribution >= 0.6 is 0 Å². The van der Waals surface area contributed by atoms with Gasteiger partial charge < -0.3 is 10.4 Å². The van der Waals surface area contributed by atoms with E-state index in [0.29, 0.717) is 0 Å². The zero-order valence-corrected chi connectivity index (χ0v) is 15.6. The minimum absolute atomic E-state index is 0.0569. The van der Waals surface area contributed by atoms with Crippen molar-refractivity contribution in [3.8, 4) is 16.9 Å². The lowest BCUT2D eigenvalue weighted by Gasteiger charge is -2.13. The van der Waals surface area contributed by atoms with Gasteiger partial charge in [-0.15, -0.1) is 0 Å². The van der Waals surface area contributed by atoms with Crippen molar-refractivity contribution >= 4 is 5.91 Å². The Labute approximate surface area is 168 Å². The molecule has 0 saturated heterocycles. The summed E-state index contributed by atoms with van der Waals surface area (Å²) in [4.78, 5) is 32.7. The van der Waals surface area contributed by atoms with Gasteiger partial charge in [0.05, 0.1) is 24.2 Å². The second-order valence-electron chi connectivity index (χ2n) is 6.36. The van der Waals surface area contributed by atoms with E-state index < -0.39 is 29.4 Å². The normalized spacial score (nSPS) is 12.4. The average molecular weight is 419 g/mol. The zero-order valence-electron chi connectivity index (χ0n) is 15.6. The molecular weight excluding hydrogens is 403 g/mol. The van der Waals surface area contributed by atoms with Crippen LogP contribution in [-0.4, -0.2) is 43.4 Å². The van der Waals surface area contributed by atoms with Gasteiger partial charge in [0.25, 0.3) is 11.5 Å². The molecule has 0 aliphatic rings. The molecule has 0 aliphatic heterocycles. The molecule has 0 aromatic carbocycles. The quantitative estimate of drug-likeness (QED) is 0.653. The number of carbonyl (C=O) groups is 1. The molecule has 3 heterocycles. The third-order valence-electron chi connectivity index (χ3n) is 4.05. The van der Waals surface area contributed by atoms with Crippen LogP contribution in [0.4, 0.5) is 13.2 Å². The van der Waals surface area contributed by atoms with Crippen molar-refractivity contribution in [3.05, 3.63) is 70.5 Å². The van der Waals surface area contributed by atoms with Crippen LogP contribution in [-0.2, 0) is 6.18 Å². The molecule has 0 bridgehead atoms. The number of amides is 1. The summed E-state index contributed by atoms with van der Waals surface area (Å²) in [6.07, 6.45) is -0.816. The number of hydrogen-bond acceptors (Lipinski definition) is 6. The number of halogens is 3. The van der Waals surface area contributed by atoms with Gasteiger partial charge in [-0.3, -0.25) is 19.6 Å². The van der Waals surface area contributed by atoms with Gasteiger partial charge in [0.15, 0.2) is 0 Å². The minimum atomic E-state index is -4.61. The van der Waals surface area contributed by atoms with Gasteiger partial charge in [0.2, 0.25) is 0 Å². The first-order chi connectivity index (χ1) is 14.2. The maximum atomic E-state index is 12.8. The number of hydrogen-bond donors (Lipinski definition) is 2. The maximum Gasteiger partial charge on any atom is 0.433 e. The number of alkyl halides is 3. The molecule has 3 rings (SSSR count). The van der Waals surface area contributed by atoms with E-state index in [4.69, 9.17) is 5.11 Å². The lowest BCUT2D eigenvalue weighted by molar-refractivity contribution is -0.141. The highest BCUT2D eigenvalue weighted by atomic mass is 19.4. The Hall–Kier alpha value is -3.60. The number of rotatable bonds is 5. The predicted octanol–water partition coefficient (Wildman–Crippen LogP) is 1.82. The zero-order chi connectivity index (χ0) is 21.9. The molecule has 1 atom stereocenters. The molecule has 0 radical (unpaired) electrons. The number of nitrogens with zero attached hydrogens (tertiary/aromatic N) is 4. The average Bonchev–Trinajstić information content (AvgIpc) is 2.73. The molecule has 11 heteroatoms. The Bertz CT molecular complexity index is 1100. The molecule has 2 N–H and O–H groups in total. The van der Waals surface area contributed by atoms with Crippen molar-refractivity contribution in [3.63, 3.8) is 0 Å². The highest BCUT2D eigenvalue weighted by Gasteiger charge is 2.32. The van der Waals surface area contributed by atoms with Crippen LogP contribution in [0.5, 0.6) is 0 Å². The first-order valence-electron chi connectivity index (χ1n) is 8.71. The molecular formula is C19H16F3N5O3.